The van der Waals surface area contributed by atoms with Crippen molar-refractivity contribution in [3.8, 4) is 0 Å². The fourth-order valence-corrected chi connectivity index (χ4v) is 2.98. The highest BCUT2D eigenvalue weighted by atomic mass is 35.5. The normalized spacial score (nSPS) is 20.8. The fourth-order valence-electron chi connectivity index (χ4n) is 2.81. The van der Waals surface area contributed by atoms with Crippen LogP contribution in [0.3, 0.4) is 0 Å². The van der Waals surface area contributed by atoms with Gasteiger partial charge in [0.25, 0.3) is 0 Å². The van der Waals surface area contributed by atoms with Gasteiger partial charge < -0.3 is 5.32 Å². The van der Waals surface area contributed by atoms with E-state index in [0.29, 0.717) is 6.54 Å². The maximum Gasteiger partial charge on any atom is 0.115 e. The third kappa shape index (κ3) is 3.15. The summed E-state index contributed by atoms with van der Waals surface area (Å²) in [6, 6.07) is 5.99. The number of hydrogen-bond acceptors (Lipinski definition) is 3. The Labute approximate surface area is 142 Å². The van der Waals surface area contributed by atoms with Crippen LogP contribution in [0.2, 0.25) is 5.02 Å². The van der Waals surface area contributed by atoms with E-state index in [1.54, 1.807) is 0 Å². The molecule has 1 unspecified atom stereocenters. The molecular weight excluding hydrogens is 306 g/mol. The molecule has 2 aliphatic heterocycles. The van der Waals surface area contributed by atoms with Gasteiger partial charge in [0.2, 0.25) is 0 Å². The van der Waals surface area contributed by atoms with E-state index in [0.717, 1.165) is 38.7 Å². The number of hydrogen-bond donors (Lipinski definition) is 1. The second-order valence-electron chi connectivity index (χ2n) is 5.73. The first-order valence-corrected chi connectivity index (χ1v) is 8.15. The van der Waals surface area contributed by atoms with Crippen molar-refractivity contribution in [1.29, 1.82) is 0 Å². The van der Waals surface area contributed by atoms with Crippen molar-refractivity contribution in [2.75, 3.05) is 6.54 Å². The summed E-state index contributed by atoms with van der Waals surface area (Å²) in [6.45, 7) is 6.74. The third-order valence-corrected chi connectivity index (χ3v) is 4.19. The molecule has 0 aliphatic carbocycles. The molecule has 0 radical (unpaired) electrons. The molecule has 1 aromatic carbocycles. The molecule has 2 aliphatic rings. The number of fused-ring (bicyclic) bond motifs is 2. The number of allylic oxidation sites excluding steroid dienone is 4. The number of nitrogens with one attached hydrogen (secondary N) is 1. The molecule has 23 heavy (non-hydrogen) atoms. The van der Waals surface area contributed by atoms with E-state index in [9.17, 15) is 0 Å². The quantitative estimate of drug-likeness (QED) is 0.804. The lowest BCUT2D eigenvalue weighted by atomic mass is 9.95. The van der Waals surface area contributed by atoms with Gasteiger partial charge in [0.05, 0.1) is 18.0 Å². The molecule has 1 N–H and O–H groups in total. The smallest absolute Gasteiger partial charge is 0.115 e. The monoisotopic (exact) mass is 325 g/mol. The highest BCUT2D eigenvalue weighted by Gasteiger charge is 2.23. The van der Waals surface area contributed by atoms with Crippen molar-refractivity contribution in [3.05, 3.63) is 63.7 Å². The largest absolute Gasteiger partial charge is 0.363 e. The zero-order valence-electron chi connectivity index (χ0n) is 13.6. The van der Waals surface area contributed by atoms with E-state index >= 15 is 0 Å². The minimum Gasteiger partial charge on any atom is -0.363 e. The standard InChI is InChI=1S/C19H20ClN3/c1-4-5-6-12(2)18-17-9-15(20)7-8-16(17)19-14(11-22-18)10-21-13(3)23-19/h4-10,13,23H,11H2,1-3H3/b5-4-,12-6+. The molecule has 0 spiro atoms. The van der Waals surface area contributed by atoms with Gasteiger partial charge in [0, 0.05) is 27.9 Å². The van der Waals surface area contributed by atoms with Gasteiger partial charge in [-0.25, -0.2) is 0 Å². The Hall–Kier alpha value is -2.13. The zero-order valence-corrected chi connectivity index (χ0v) is 14.4. The molecule has 1 aromatic rings. The van der Waals surface area contributed by atoms with Crippen LogP contribution in [0, 0.1) is 0 Å². The van der Waals surface area contributed by atoms with Crippen molar-refractivity contribution in [2.45, 2.75) is 26.9 Å². The van der Waals surface area contributed by atoms with Gasteiger partial charge in [0.1, 0.15) is 6.17 Å². The predicted octanol–water partition coefficient (Wildman–Crippen LogP) is 4.40. The Morgan fingerprint density at radius 1 is 1.35 bits per heavy atom. The number of halogens is 1. The summed E-state index contributed by atoms with van der Waals surface area (Å²) in [7, 11) is 0. The van der Waals surface area contributed by atoms with Crippen LogP contribution < -0.4 is 5.32 Å². The predicted molar refractivity (Wildman–Crippen MR) is 99.4 cm³/mol. The summed E-state index contributed by atoms with van der Waals surface area (Å²) < 4.78 is 0. The van der Waals surface area contributed by atoms with Crippen LogP contribution in [0.5, 0.6) is 0 Å². The number of benzene rings is 1. The maximum atomic E-state index is 6.26. The molecular formula is C19H20ClN3. The third-order valence-electron chi connectivity index (χ3n) is 3.95. The average Bonchev–Trinajstić information content (AvgIpc) is 2.69. The van der Waals surface area contributed by atoms with Gasteiger partial charge in [-0.15, -0.1) is 0 Å². The van der Waals surface area contributed by atoms with Crippen molar-refractivity contribution < 1.29 is 0 Å². The van der Waals surface area contributed by atoms with Gasteiger partial charge in [-0.05, 0) is 38.5 Å². The molecule has 0 aromatic heterocycles. The maximum absolute atomic E-state index is 6.26. The van der Waals surface area contributed by atoms with Crippen molar-refractivity contribution >= 4 is 29.2 Å². The second-order valence-corrected chi connectivity index (χ2v) is 6.17. The summed E-state index contributed by atoms with van der Waals surface area (Å²) in [5.74, 6) is 0. The van der Waals surface area contributed by atoms with Gasteiger partial charge in [-0.2, -0.15) is 0 Å². The molecule has 0 amide bonds. The van der Waals surface area contributed by atoms with Crippen LogP contribution in [0.1, 0.15) is 31.9 Å². The molecule has 3 rings (SSSR count). The summed E-state index contributed by atoms with van der Waals surface area (Å²) >= 11 is 6.26. The van der Waals surface area contributed by atoms with Gasteiger partial charge >= 0.3 is 0 Å². The zero-order chi connectivity index (χ0) is 16.4. The minimum absolute atomic E-state index is 0.0680. The van der Waals surface area contributed by atoms with E-state index < -0.39 is 0 Å². The molecule has 1 atom stereocenters. The molecule has 2 heterocycles. The number of rotatable bonds is 2. The Morgan fingerprint density at radius 2 is 2.17 bits per heavy atom. The molecule has 0 bridgehead atoms. The minimum atomic E-state index is 0.0680. The topological polar surface area (TPSA) is 36.8 Å². The second kappa shape index (κ2) is 6.55. The van der Waals surface area contributed by atoms with Crippen LogP contribution in [0.15, 0.2) is 57.6 Å². The Kier molecular flexibility index (Phi) is 4.49. The SMILES string of the molecule is C/C=C\C=C(/C)C1=NCC2=C(NC(C)N=C2)c2ccc(Cl)cc21. The van der Waals surface area contributed by atoms with Crippen LogP contribution in [0.25, 0.3) is 5.70 Å². The van der Waals surface area contributed by atoms with Crippen molar-refractivity contribution in [2.24, 2.45) is 9.98 Å². The van der Waals surface area contributed by atoms with Crippen LogP contribution in [-0.2, 0) is 0 Å². The van der Waals surface area contributed by atoms with Crippen LogP contribution in [-0.4, -0.2) is 24.6 Å². The molecule has 0 saturated carbocycles. The lowest BCUT2D eigenvalue weighted by molar-refractivity contribution is 0.679. The van der Waals surface area contributed by atoms with E-state index in [1.807, 2.05) is 44.3 Å². The molecule has 3 nitrogen and oxygen atoms in total. The van der Waals surface area contributed by atoms with Crippen molar-refractivity contribution in [1.82, 2.24) is 5.32 Å². The summed E-state index contributed by atoms with van der Waals surface area (Å²) in [4.78, 5) is 9.29. The molecule has 0 fully saturated rings. The van der Waals surface area contributed by atoms with Gasteiger partial charge in [0.15, 0.2) is 0 Å². The van der Waals surface area contributed by atoms with E-state index in [2.05, 4.69) is 29.4 Å². The first kappa shape index (κ1) is 15.8. The summed E-state index contributed by atoms with van der Waals surface area (Å²) in [5.41, 5.74) is 6.52. The van der Waals surface area contributed by atoms with Gasteiger partial charge in [-0.3, -0.25) is 9.98 Å². The van der Waals surface area contributed by atoms with E-state index in [-0.39, 0.29) is 6.17 Å². The summed E-state index contributed by atoms with van der Waals surface area (Å²) in [6.07, 6.45) is 8.13. The van der Waals surface area contributed by atoms with E-state index in [1.165, 1.54) is 0 Å². The van der Waals surface area contributed by atoms with Crippen molar-refractivity contribution in [3.63, 3.8) is 0 Å². The lowest BCUT2D eigenvalue weighted by Crippen LogP contribution is -2.28. The van der Waals surface area contributed by atoms with Crippen LogP contribution >= 0.6 is 11.6 Å². The Bertz CT molecular complexity index is 782. The van der Waals surface area contributed by atoms with Crippen LogP contribution in [0.4, 0.5) is 0 Å². The first-order chi connectivity index (χ1) is 11.1. The van der Waals surface area contributed by atoms with Gasteiger partial charge in [-0.1, -0.05) is 35.9 Å². The molecule has 118 valence electrons. The Morgan fingerprint density at radius 3 is 2.96 bits per heavy atom. The molecule has 4 heteroatoms. The average molecular weight is 326 g/mol. The Balaban J connectivity index is 2.17. The number of aliphatic imine (C=N–C) groups is 2. The highest BCUT2D eigenvalue weighted by molar-refractivity contribution is 6.31. The highest BCUT2D eigenvalue weighted by Crippen LogP contribution is 2.30. The first-order valence-electron chi connectivity index (χ1n) is 7.77. The fraction of sp³-hybridized carbons (Fsp3) is 0.263. The van der Waals surface area contributed by atoms with E-state index in [4.69, 9.17) is 16.6 Å². The molecule has 0 saturated heterocycles. The number of nitrogens with zero attached hydrogens (tertiary/aromatic N) is 2. The summed E-state index contributed by atoms with van der Waals surface area (Å²) in [5, 5.41) is 4.19. The lowest BCUT2D eigenvalue weighted by Gasteiger charge is -2.22.